The number of hydrogen-bond acceptors (Lipinski definition) is 3. The monoisotopic (exact) mass is 323 g/mol. The van der Waals surface area contributed by atoms with Crippen molar-refractivity contribution >= 4 is 23.3 Å². The maximum Gasteiger partial charge on any atom is 0.303 e. The number of benzene rings is 1. The average Bonchev–Trinajstić information content (AvgIpc) is 2.93. The average molecular weight is 323 g/mol. The van der Waals surface area contributed by atoms with E-state index in [1.165, 1.54) is 0 Å². The molecule has 0 bridgehead atoms. The minimum Gasteiger partial charge on any atom is -0.481 e. The molecule has 0 spiro atoms. The third-order valence-electron chi connectivity index (χ3n) is 3.71. The van der Waals surface area contributed by atoms with Crippen molar-refractivity contribution in [3.05, 3.63) is 54.2 Å². The maximum atomic E-state index is 12.1. The van der Waals surface area contributed by atoms with E-state index in [0.717, 1.165) is 16.9 Å². The normalized spacial score (nSPS) is 10.7. The van der Waals surface area contributed by atoms with Gasteiger partial charge in [-0.25, -0.2) is 4.98 Å². The van der Waals surface area contributed by atoms with Crippen molar-refractivity contribution in [2.75, 3.05) is 5.32 Å². The molecule has 0 radical (unpaired) electrons. The van der Waals surface area contributed by atoms with Crippen molar-refractivity contribution in [1.29, 1.82) is 0 Å². The quantitative estimate of drug-likeness (QED) is 0.755. The van der Waals surface area contributed by atoms with Crippen LogP contribution < -0.4 is 5.32 Å². The van der Waals surface area contributed by atoms with Crippen LogP contribution in [0.4, 0.5) is 5.82 Å². The number of fused-ring (bicyclic) bond motifs is 1. The Bertz CT molecular complexity index is 901. The fourth-order valence-electron chi connectivity index (χ4n) is 2.58. The SMILES string of the molecule is Cc1cccc2nc(-c3ccccc3)c(NC(=O)CCC(=O)O)n12. The van der Waals surface area contributed by atoms with Crippen LogP contribution in [0, 0.1) is 6.92 Å². The number of imidazole rings is 1. The van der Waals surface area contributed by atoms with E-state index >= 15 is 0 Å². The summed E-state index contributed by atoms with van der Waals surface area (Å²) in [6, 6.07) is 15.3. The number of amides is 1. The van der Waals surface area contributed by atoms with E-state index in [2.05, 4.69) is 10.3 Å². The number of carbonyl (C=O) groups is 2. The molecule has 24 heavy (non-hydrogen) atoms. The van der Waals surface area contributed by atoms with E-state index in [0.29, 0.717) is 11.5 Å². The number of pyridine rings is 1. The second-order valence-electron chi connectivity index (χ2n) is 5.48. The number of carboxylic acids is 1. The highest BCUT2D eigenvalue weighted by Crippen LogP contribution is 2.29. The van der Waals surface area contributed by atoms with E-state index in [1.807, 2.05) is 59.9 Å². The molecule has 2 N–H and O–H groups in total. The minimum absolute atomic E-state index is 0.0807. The van der Waals surface area contributed by atoms with Crippen LogP contribution in [-0.2, 0) is 9.59 Å². The maximum absolute atomic E-state index is 12.1. The van der Waals surface area contributed by atoms with Crippen molar-refractivity contribution in [3.63, 3.8) is 0 Å². The predicted octanol–water partition coefficient (Wildman–Crippen LogP) is 3.11. The predicted molar refractivity (Wildman–Crippen MR) is 90.9 cm³/mol. The van der Waals surface area contributed by atoms with E-state index in [-0.39, 0.29) is 18.7 Å². The second-order valence-corrected chi connectivity index (χ2v) is 5.48. The first-order chi connectivity index (χ1) is 11.6. The number of nitrogens with one attached hydrogen (secondary N) is 1. The third-order valence-corrected chi connectivity index (χ3v) is 3.71. The van der Waals surface area contributed by atoms with Gasteiger partial charge < -0.3 is 10.4 Å². The van der Waals surface area contributed by atoms with Crippen LogP contribution in [0.15, 0.2) is 48.5 Å². The lowest BCUT2D eigenvalue weighted by Gasteiger charge is -2.09. The highest BCUT2D eigenvalue weighted by Gasteiger charge is 2.17. The van der Waals surface area contributed by atoms with Gasteiger partial charge in [0.15, 0.2) is 0 Å². The number of hydrogen-bond donors (Lipinski definition) is 2. The summed E-state index contributed by atoms with van der Waals surface area (Å²) in [6.45, 7) is 1.93. The Morgan fingerprint density at radius 2 is 1.83 bits per heavy atom. The molecule has 0 aliphatic carbocycles. The lowest BCUT2D eigenvalue weighted by Crippen LogP contribution is -2.15. The molecule has 0 aliphatic rings. The Balaban J connectivity index is 2.06. The van der Waals surface area contributed by atoms with Gasteiger partial charge in [-0.05, 0) is 19.1 Å². The fraction of sp³-hybridized carbons (Fsp3) is 0.167. The first kappa shape index (κ1) is 15.7. The number of carbonyl (C=O) groups excluding carboxylic acids is 1. The molecule has 2 heterocycles. The van der Waals surface area contributed by atoms with Crippen molar-refractivity contribution in [1.82, 2.24) is 9.38 Å². The number of aromatic nitrogens is 2. The van der Waals surface area contributed by atoms with Crippen LogP contribution in [-0.4, -0.2) is 26.4 Å². The van der Waals surface area contributed by atoms with Gasteiger partial charge in [0.05, 0.1) is 6.42 Å². The number of carboxylic acid groups (broad SMARTS) is 1. The van der Waals surface area contributed by atoms with Gasteiger partial charge in [-0.15, -0.1) is 0 Å². The molecular weight excluding hydrogens is 306 g/mol. The fourth-order valence-corrected chi connectivity index (χ4v) is 2.58. The highest BCUT2D eigenvalue weighted by molar-refractivity contribution is 5.95. The van der Waals surface area contributed by atoms with Crippen molar-refractivity contribution < 1.29 is 14.7 Å². The molecule has 1 aromatic carbocycles. The van der Waals surface area contributed by atoms with Gasteiger partial charge in [-0.3, -0.25) is 14.0 Å². The van der Waals surface area contributed by atoms with Crippen LogP contribution in [0.3, 0.4) is 0 Å². The largest absolute Gasteiger partial charge is 0.481 e. The molecule has 0 aliphatic heterocycles. The second kappa shape index (κ2) is 6.54. The van der Waals surface area contributed by atoms with E-state index in [4.69, 9.17) is 5.11 Å². The molecule has 0 fully saturated rings. The molecule has 3 aromatic rings. The van der Waals surface area contributed by atoms with Crippen molar-refractivity contribution in [3.8, 4) is 11.3 Å². The van der Waals surface area contributed by atoms with E-state index < -0.39 is 5.97 Å². The first-order valence-electron chi connectivity index (χ1n) is 7.61. The standard InChI is InChI=1S/C18H17N3O3/c1-12-6-5-9-14-19-17(13-7-3-2-4-8-13)18(21(12)14)20-15(22)10-11-16(23)24/h2-9H,10-11H2,1H3,(H,20,22)(H,23,24). The Morgan fingerprint density at radius 3 is 2.54 bits per heavy atom. The van der Waals surface area contributed by atoms with Crippen LogP contribution in [0.1, 0.15) is 18.5 Å². The summed E-state index contributed by atoms with van der Waals surface area (Å²) in [7, 11) is 0. The summed E-state index contributed by atoms with van der Waals surface area (Å²) in [5.74, 6) is -0.785. The Labute approximate surface area is 138 Å². The van der Waals surface area contributed by atoms with Gasteiger partial charge >= 0.3 is 5.97 Å². The lowest BCUT2D eigenvalue weighted by molar-refractivity contribution is -0.138. The zero-order valence-electron chi connectivity index (χ0n) is 13.2. The third kappa shape index (κ3) is 3.12. The molecule has 0 unspecified atom stereocenters. The van der Waals surface area contributed by atoms with Gasteiger partial charge in [0.1, 0.15) is 17.2 Å². The number of nitrogens with zero attached hydrogens (tertiary/aromatic N) is 2. The van der Waals surface area contributed by atoms with Gasteiger partial charge in [-0.2, -0.15) is 0 Å². The first-order valence-corrected chi connectivity index (χ1v) is 7.61. The van der Waals surface area contributed by atoms with Crippen LogP contribution in [0.5, 0.6) is 0 Å². The highest BCUT2D eigenvalue weighted by atomic mass is 16.4. The molecule has 0 saturated heterocycles. The Kier molecular flexibility index (Phi) is 4.29. The lowest BCUT2D eigenvalue weighted by atomic mass is 10.1. The molecular formula is C18H17N3O3. The summed E-state index contributed by atoms with van der Waals surface area (Å²) >= 11 is 0. The molecule has 122 valence electrons. The van der Waals surface area contributed by atoms with Crippen molar-refractivity contribution in [2.45, 2.75) is 19.8 Å². The topological polar surface area (TPSA) is 83.7 Å². The van der Waals surface area contributed by atoms with Gasteiger partial charge in [-0.1, -0.05) is 36.4 Å². The number of anilines is 1. The smallest absolute Gasteiger partial charge is 0.303 e. The van der Waals surface area contributed by atoms with Gasteiger partial charge in [0.2, 0.25) is 5.91 Å². The number of aryl methyl sites for hydroxylation is 1. The minimum atomic E-state index is -0.997. The van der Waals surface area contributed by atoms with Crippen LogP contribution in [0.2, 0.25) is 0 Å². The molecule has 6 heteroatoms. The zero-order chi connectivity index (χ0) is 17.1. The zero-order valence-corrected chi connectivity index (χ0v) is 13.2. The summed E-state index contributed by atoms with van der Waals surface area (Å²) < 4.78 is 1.86. The molecule has 0 atom stereocenters. The molecule has 2 aromatic heterocycles. The Hall–Kier alpha value is -3.15. The van der Waals surface area contributed by atoms with Crippen molar-refractivity contribution in [2.24, 2.45) is 0 Å². The van der Waals surface area contributed by atoms with Crippen LogP contribution >= 0.6 is 0 Å². The van der Waals surface area contributed by atoms with Gasteiger partial charge in [0.25, 0.3) is 0 Å². The molecule has 1 amide bonds. The molecule has 0 saturated carbocycles. The van der Waals surface area contributed by atoms with E-state index in [9.17, 15) is 9.59 Å². The summed E-state index contributed by atoms with van der Waals surface area (Å²) in [6.07, 6.45) is -0.287. The number of rotatable bonds is 5. The Morgan fingerprint density at radius 1 is 1.08 bits per heavy atom. The van der Waals surface area contributed by atoms with Crippen LogP contribution in [0.25, 0.3) is 16.9 Å². The summed E-state index contributed by atoms with van der Waals surface area (Å²) in [4.78, 5) is 27.4. The molecule has 6 nitrogen and oxygen atoms in total. The summed E-state index contributed by atoms with van der Waals surface area (Å²) in [5, 5.41) is 11.6. The number of aliphatic carboxylic acids is 1. The summed E-state index contributed by atoms with van der Waals surface area (Å²) in [5.41, 5.74) is 3.20. The van der Waals surface area contributed by atoms with Gasteiger partial charge in [0, 0.05) is 17.7 Å². The molecule has 3 rings (SSSR count). The van der Waals surface area contributed by atoms with E-state index in [1.54, 1.807) is 0 Å².